The first kappa shape index (κ1) is 20.3. The molecule has 1 amide bonds. The quantitative estimate of drug-likeness (QED) is 0.608. The van der Waals surface area contributed by atoms with Crippen molar-refractivity contribution in [3.8, 4) is 17.1 Å². The molecule has 1 unspecified atom stereocenters. The number of amides is 1. The van der Waals surface area contributed by atoms with E-state index in [1.165, 1.54) is 0 Å². The molecule has 0 radical (unpaired) electrons. The molecule has 1 atom stereocenters. The van der Waals surface area contributed by atoms with Crippen LogP contribution in [0.2, 0.25) is 10.0 Å². The van der Waals surface area contributed by atoms with Gasteiger partial charge in [0.15, 0.2) is 5.82 Å². The van der Waals surface area contributed by atoms with E-state index in [1.807, 2.05) is 31.2 Å². The second-order valence-corrected chi connectivity index (χ2v) is 7.58. The van der Waals surface area contributed by atoms with E-state index in [2.05, 4.69) is 15.4 Å². The number of nitrogens with zero attached hydrogens (tertiary/aromatic N) is 3. The highest BCUT2D eigenvalue weighted by molar-refractivity contribution is 6.42. The van der Waals surface area contributed by atoms with E-state index >= 15 is 0 Å². The number of fused-ring (bicyclic) bond motifs is 1. The fraction of sp³-hybridized carbons (Fsp3) is 0.190. The fourth-order valence-electron chi connectivity index (χ4n) is 3.45. The molecular weight excluding hydrogens is 425 g/mol. The van der Waals surface area contributed by atoms with Crippen molar-refractivity contribution >= 4 is 35.1 Å². The van der Waals surface area contributed by atoms with Gasteiger partial charge >= 0.3 is 0 Å². The lowest BCUT2D eigenvalue weighted by atomic mass is 9.95. The number of allylic oxidation sites excluding steroid dienone is 1. The van der Waals surface area contributed by atoms with Gasteiger partial charge < -0.3 is 15.8 Å². The Hall–Kier alpha value is -3.03. The molecule has 3 N–H and O–H groups in total. The summed E-state index contributed by atoms with van der Waals surface area (Å²) in [6.07, 6.45) is 0. The third kappa shape index (κ3) is 3.62. The van der Waals surface area contributed by atoms with Gasteiger partial charge in [-0.15, -0.1) is 5.10 Å². The van der Waals surface area contributed by atoms with Gasteiger partial charge in [-0.3, -0.25) is 4.79 Å². The summed E-state index contributed by atoms with van der Waals surface area (Å²) in [6.45, 7) is 4.30. The highest BCUT2D eigenvalue weighted by Gasteiger charge is 2.33. The maximum Gasteiger partial charge on any atom is 0.248 e. The van der Waals surface area contributed by atoms with Crippen LogP contribution in [0.25, 0.3) is 11.4 Å². The maximum absolute atomic E-state index is 12.3. The van der Waals surface area contributed by atoms with Crippen LogP contribution in [0.3, 0.4) is 0 Å². The molecule has 0 aliphatic carbocycles. The molecule has 0 spiro atoms. The summed E-state index contributed by atoms with van der Waals surface area (Å²) < 4.78 is 7.13. The van der Waals surface area contributed by atoms with Gasteiger partial charge in [-0.05, 0) is 55.8 Å². The number of primary amides is 1. The molecule has 3 aromatic rings. The number of carbonyl (C=O) groups is 1. The Kier molecular flexibility index (Phi) is 5.40. The van der Waals surface area contributed by atoms with Crippen LogP contribution in [0.15, 0.2) is 53.7 Å². The Morgan fingerprint density at radius 2 is 1.93 bits per heavy atom. The van der Waals surface area contributed by atoms with Crippen molar-refractivity contribution in [2.24, 2.45) is 5.73 Å². The zero-order valence-corrected chi connectivity index (χ0v) is 17.8. The first-order chi connectivity index (χ1) is 14.4. The normalized spacial score (nSPS) is 15.5. The average Bonchev–Trinajstić information content (AvgIpc) is 3.13. The molecule has 0 bridgehead atoms. The Morgan fingerprint density at radius 1 is 1.20 bits per heavy atom. The van der Waals surface area contributed by atoms with Crippen molar-refractivity contribution in [2.75, 3.05) is 11.9 Å². The second kappa shape index (κ2) is 8.01. The van der Waals surface area contributed by atoms with Crippen molar-refractivity contribution < 1.29 is 9.53 Å². The number of ether oxygens (including phenoxy) is 1. The summed E-state index contributed by atoms with van der Waals surface area (Å²) in [7, 11) is 0. The van der Waals surface area contributed by atoms with Crippen molar-refractivity contribution in [2.45, 2.75) is 19.9 Å². The molecule has 1 aromatic heterocycles. The molecule has 2 heterocycles. The van der Waals surface area contributed by atoms with Gasteiger partial charge in [-0.1, -0.05) is 29.3 Å². The van der Waals surface area contributed by atoms with Gasteiger partial charge in [0.2, 0.25) is 11.9 Å². The molecule has 154 valence electrons. The van der Waals surface area contributed by atoms with Gasteiger partial charge in [0, 0.05) is 11.3 Å². The standard InChI is InChI=1S/C21H19Cl2N5O2/c1-3-30-14-7-4-12(5-8-14)20-26-21-25-11(2)17(19(24)29)18(28(21)27-20)13-6-9-15(22)16(23)10-13/h4-10,18H,3H2,1-2H3,(H2,24,29)(H,25,26,27). The Labute approximate surface area is 183 Å². The first-order valence-corrected chi connectivity index (χ1v) is 10.1. The third-order valence-electron chi connectivity index (χ3n) is 4.80. The smallest absolute Gasteiger partial charge is 0.248 e. The second-order valence-electron chi connectivity index (χ2n) is 6.76. The summed E-state index contributed by atoms with van der Waals surface area (Å²) >= 11 is 12.3. The fourth-order valence-corrected chi connectivity index (χ4v) is 3.76. The molecule has 0 saturated carbocycles. The highest BCUT2D eigenvalue weighted by Crippen LogP contribution is 2.38. The van der Waals surface area contributed by atoms with Gasteiger partial charge in [-0.2, -0.15) is 4.98 Å². The van der Waals surface area contributed by atoms with Crippen LogP contribution < -0.4 is 15.8 Å². The number of nitrogens with two attached hydrogens (primary N) is 1. The maximum atomic E-state index is 12.3. The number of halogens is 2. The zero-order valence-electron chi connectivity index (χ0n) is 16.3. The molecule has 2 aromatic carbocycles. The van der Waals surface area contributed by atoms with Crippen LogP contribution in [0.5, 0.6) is 5.75 Å². The van der Waals surface area contributed by atoms with E-state index in [0.29, 0.717) is 39.7 Å². The van der Waals surface area contributed by atoms with Crippen LogP contribution in [0.4, 0.5) is 5.95 Å². The Bertz CT molecular complexity index is 1150. The summed E-state index contributed by atoms with van der Waals surface area (Å²) in [4.78, 5) is 16.9. The van der Waals surface area contributed by atoms with E-state index < -0.39 is 11.9 Å². The van der Waals surface area contributed by atoms with Gasteiger partial charge in [0.05, 0.1) is 22.2 Å². The molecule has 7 nitrogen and oxygen atoms in total. The number of hydrogen-bond donors (Lipinski definition) is 2. The Morgan fingerprint density at radius 3 is 2.57 bits per heavy atom. The van der Waals surface area contributed by atoms with Crippen molar-refractivity contribution in [1.29, 1.82) is 0 Å². The predicted octanol–water partition coefficient (Wildman–Crippen LogP) is 4.42. The topological polar surface area (TPSA) is 95.1 Å². The van der Waals surface area contributed by atoms with Crippen LogP contribution in [0, 0.1) is 0 Å². The largest absolute Gasteiger partial charge is 0.494 e. The molecule has 1 aliphatic rings. The number of anilines is 1. The molecule has 0 fully saturated rings. The van der Waals surface area contributed by atoms with Crippen LogP contribution in [-0.2, 0) is 4.79 Å². The van der Waals surface area contributed by atoms with E-state index in [0.717, 1.165) is 16.9 Å². The van der Waals surface area contributed by atoms with E-state index in [9.17, 15) is 4.79 Å². The summed E-state index contributed by atoms with van der Waals surface area (Å²) in [6, 6.07) is 12.1. The van der Waals surface area contributed by atoms with E-state index in [4.69, 9.17) is 33.7 Å². The van der Waals surface area contributed by atoms with Crippen LogP contribution in [-0.4, -0.2) is 27.3 Å². The molecular formula is C21H19Cl2N5O2. The predicted molar refractivity (Wildman–Crippen MR) is 117 cm³/mol. The third-order valence-corrected chi connectivity index (χ3v) is 5.54. The summed E-state index contributed by atoms with van der Waals surface area (Å²) in [5.41, 5.74) is 8.23. The number of hydrogen-bond acceptors (Lipinski definition) is 5. The van der Waals surface area contributed by atoms with E-state index in [1.54, 1.807) is 29.8 Å². The minimum Gasteiger partial charge on any atom is -0.494 e. The molecule has 9 heteroatoms. The monoisotopic (exact) mass is 443 g/mol. The minimum atomic E-state index is -0.586. The van der Waals surface area contributed by atoms with Crippen LogP contribution >= 0.6 is 23.2 Å². The lowest BCUT2D eigenvalue weighted by molar-refractivity contribution is -0.115. The van der Waals surface area contributed by atoms with E-state index in [-0.39, 0.29) is 0 Å². The van der Waals surface area contributed by atoms with Crippen molar-refractivity contribution in [3.63, 3.8) is 0 Å². The molecule has 0 saturated heterocycles. The van der Waals surface area contributed by atoms with Gasteiger partial charge in [0.1, 0.15) is 11.8 Å². The lowest BCUT2D eigenvalue weighted by Gasteiger charge is -2.27. The summed E-state index contributed by atoms with van der Waals surface area (Å²) in [5.74, 6) is 1.21. The molecule has 30 heavy (non-hydrogen) atoms. The zero-order chi connectivity index (χ0) is 21.4. The minimum absolute atomic E-state index is 0.377. The molecule has 1 aliphatic heterocycles. The van der Waals surface area contributed by atoms with Crippen LogP contribution in [0.1, 0.15) is 25.5 Å². The number of aromatic nitrogens is 3. The number of nitrogens with one attached hydrogen (secondary N) is 1. The van der Waals surface area contributed by atoms with Gasteiger partial charge in [0.25, 0.3) is 0 Å². The van der Waals surface area contributed by atoms with Crippen molar-refractivity contribution in [3.05, 3.63) is 69.3 Å². The lowest BCUT2D eigenvalue weighted by Crippen LogP contribution is -2.31. The SMILES string of the molecule is CCOc1ccc(-c2nc3n(n2)C(c2ccc(Cl)c(Cl)c2)C(C(N)=O)=C(C)N3)cc1. The highest BCUT2D eigenvalue weighted by atomic mass is 35.5. The number of carbonyl (C=O) groups excluding carboxylic acids is 1. The number of benzene rings is 2. The first-order valence-electron chi connectivity index (χ1n) is 9.31. The number of rotatable bonds is 5. The average molecular weight is 444 g/mol. The summed E-state index contributed by atoms with van der Waals surface area (Å²) in [5, 5.41) is 8.58. The van der Waals surface area contributed by atoms with Gasteiger partial charge in [-0.25, -0.2) is 4.68 Å². The Balaban J connectivity index is 1.81. The van der Waals surface area contributed by atoms with Crippen molar-refractivity contribution in [1.82, 2.24) is 14.8 Å². The molecule has 4 rings (SSSR count).